The van der Waals surface area contributed by atoms with Crippen LogP contribution in [0.4, 0.5) is 5.69 Å². The number of anilines is 1. The number of sulfone groups is 2. The fourth-order valence-electron chi connectivity index (χ4n) is 2.81. The molecule has 1 N–H and O–H groups in total. The van der Waals surface area contributed by atoms with E-state index in [4.69, 9.17) is 0 Å². The minimum Gasteiger partial charge on any atom is -0.380 e. The van der Waals surface area contributed by atoms with Gasteiger partial charge in [-0.15, -0.1) is 0 Å². The van der Waals surface area contributed by atoms with Gasteiger partial charge in [0.15, 0.2) is 19.7 Å². The Hall–Kier alpha value is -2.65. The van der Waals surface area contributed by atoms with Crippen LogP contribution in [-0.2, 0) is 26.2 Å². The predicted molar refractivity (Wildman–Crippen MR) is 108 cm³/mol. The van der Waals surface area contributed by atoms with Gasteiger partial charge in [0.25, 0.3) is 0 Å². The lowest BCUT2D eigenvalue weighted by Crippen LogP contribution is -2.10. The monoisotopic (exact) mass is 419 g/mol. The average molecular weight is 420 g/mol. The topological polar surface area (TPSA) is 98.1 Å². The van der Waals surface area contributed by atoms with Crippen LogP contribution in [0.2, 0.25) is 0 Å². The molecule has 0 unspecified atom stereocenters. The molecule has 0 aliphatic heterocycles. The van der Waals surface area contributed by atoms with Gasteiger partial charge in [-0.25, -0.2) is 21.5 Å². The van der Waals surface area contributed by atoms with Crippen LogP contribution in [0.3, 0.4) is 0 Å². The molecule has 1 aromatic heterocycles. The van der Waals surface area contributed by atoms with E-state index in [1.807, 2.05) is 43.5 Å². The van der Waals surface area contributed by atoms with Crippen molar-refractivity contribution in [1.82, 2.24) is 9.78 Å². The maximum absolute atomic E-state index is 12.2. The molecular weight excluding hydrogens is 398 g/mol. The molecule has 0 saturated heterocycles. The van der Waals surface area contributed by atoms with Gasteiger partial charge < -0.3 is 5.32 Å². The van der Waals surface area contributed by atoms with E-state index < -0.39 is 19.7 Å². The average Bonchev–Trinajstić information content (AvgIpc) is 3.04. The number of nitrogens with zero attached hydrogens (tertiary/aromatic N) is 2. The van der Waals surface area contributed by atoms with Crippen LogP contribution in [0.25, 0.3) is 5.69 Å². The van der Waals surface area contributed by atoms with Crippen LogP contribution < -0.4 is 5.32 Å². The standard InChI is InChI=1S/C19H21N3O4S2/c1-14-10-11-22(21-14)18-7-5-4-6-15(18)13-20-17-9-8-16(27(2,23)24)12-19(17)28(3,25)26/h4-12,20H,13H2,1-3H3. The Morgan fingerprint density at radius 3 is 2.29 bits per heavy atom. The molecule has 0 bridgehead atoms. The zero-order valence-electron chi connectivity index (χ0n) is 15.7. The van der Waals surface area contributed by atoms with E-state index in [1.165, 1.54) is 18.2 Å². The quantitative estimate of drug-likeness (QED) is 0.659. The van der Waals surface area contributed by atoms with Crippen LogP contribution in [0.1, 0.15) is 11.3 Å². The van der Waals surface area contributed by atoms with Crippen molar-refractivity contribution in [2.24, 2.45) is 0 Å². The molecule has 0 spiro atoms. The number of aromatic nitrogens is 2. The van der Waals surface area contributed by atoms with E-state index >= 15 is 0 Å². The minimum absolute atomic E-state index is 0.0362. The zero-order valence-corrected chi connectivity index (χ0v) is 17.4. The highest BCUT2D eigenvalue weighted by molar-refractivity contribution is 7.91. The van der Waals surface area contributed by atoms with E-state index in [9.17, 15) is 16.8 Å². The Labute approximate surface area is 164 Å². The summed E-state index contributed by atoms with van der Waals surface area (Å²) >= 11 is 0. The molecule has 148 valence electrons. The first kappa shape index (κ1) is 20.1. The smallest absolute Gasteiger partial charge is 0.177 e. The summed E-state index contributed by atoms with van der Waals surface area (Å²) in [6.45, 7) is 2.24. The summed E-state index contributed by atoms with van der Waals surface area (Å²) in [6, 6.07) is 13.6. The SMILES string of the molecule is Cc1ccn(-c2ccccc2CNc2ccc(S(C)(=O)=O)cc2S(C)(=O)=O)n1. The van der Waals surface area contributed by atoms with Gasteiger partial charge in [0, 0.05) is 25.3 Å². The van der Waals surface area contributed by atoms with E-state index in [0.717, 1.165) is 29.5 Å². The third kappa shape index (κ3) is 4.42. The second-order valence-electron chi connectivity index (χ2n) is 6.59. The van der Waals surface area contributed by atoms with Gasteiger partial charge in [0.2, 0.25) is 0 Å². The molecule has 0 aliphatic carbocycles. The predicted octanol–water partition coefficient (Wildman–Crippen LogP) is 2.60. The highest BCUT2D eigenvalue weighted by atomic mass is 32.2. The second-order valence-corrected chi connectivity index (χ2v) is 10.6. The molecule has 0 amide bonds. The van der Waals surface area contributed by atoms with Crippen molar-refractivity contribution in [3.63, 3.8) is 0 Å². The van der Waals surface area contributed by atoms with Crippen molar-refractivity contribution in [2.75, 3.05) is 17.8 Å². The van der Waals surface area contributed by atoms with Crippen molar-refractivity contribution in [1.29, 1.82) is 0 Å². The maximum atomic E-state index is 12.2. The Bertz CT molecular complexity index is 1230. The molecular formula is C19H21N3O4S2. The molecule has 3 rings (SSSR count). The molecule has 9 heteroatoms. The van der Waals surface area contributed by atoms with Crippen molar-refractivity contribution < 1.29 is 16.8 Å². The first-order valence-electron chi connectivity index (χ1n) is 8.44. The fourth-order valence-corrected chi connectivity index (χ4v) is 4.41. The first-order chi connectivity index (χ1) is 13.1. The summed E-state index contributed by atoms with van der Waals surface area (Å²) in [5.74, 6) is 0. The number of benzene rings is 2. The Balaban J connectivity index is 1.96. The summed E-state index contributed by atoms with van der Waals surface area (Å²) < 4.78 is 49.7. The summed E-state index contributed by atoms with van der Waals surface area (Å²) in [4.78, 5) is -0.0891. The van der Waals surface area contributed by atoms with Crippen molar-refractivity contribution >= 4 is 25.4 Å². The number of aryl methyl sites for hydroxylation is 1. The van der Waals surface area contributed by atoms with Gasteiger partial charge in [-0.1, -0.05) is 18.2 Å². The summed E-state index contributed by atoms with van der Waals surface area (Å²) in [6.07, 6.45) is 3.96. The largest absolute Gasteiger partial charge is 0.380 e. The fraction of sp³-hybridized carbons (Fsp3) is 0.211. The number of hydrogen-bond donors (Lipinski definition) is 1. The van der Waals surface area contributed by atoms with Gasteiger partial charge in [0.05, 0.1) is 26.9 Å². The molecule has 0 radical (unpaired) electrons. The van der Waals surface area contributed by atoms with Crippen LogP contribution in [0.5, 0.6) is 0 Å². The Morgan fingerprint density at radius 2 is 1.68 bits per heavy atom. The van der Waals surface area contributed by atoms with E-state index in [0.29, 0.717) is 12.2 Å². The summed E-state index contributed by atoms with van der Waals surface area (Å²) in [5.41, 5.74) is 3.02. The highest BCUT2D eigenvalue weighted by Gasteiger charge is 2.18. The summed E-state index contributed by atoms with van der Waals surface area (Å²) in [7, 11) is -7.14. The van der Waals surface area contributed by atoms with Gasteiger partial charge in [-0.2, -0.15) is 5.10 Å². The number of hydrogen-bond acceptors (Lipinski definition) is 6. The molecule has 3 aromatic rings. The second kappa shape index (κ2) is 7.40. The lowest BCUT2D eigenvalue weighted by molar-refractivity contribution is 0.600. The Morgan fingerprint density at radius 1 is 0.964 bits per heavy atom. The molecule has 0 saturated carbocycles. The lowest BCUT2D eigenvalue weighted by Gasteiger charge is -2.14. The maximum Gasteiger partial charge on any atom is 0.177 e. The molecule has 28 heavy (non-hydrogen) atoms. The van der Waals surface area contributed by atoms with E-state index in [1.54, 1.807) is 4.68 Å². The van der Waals surface area contributed by atoms with Crippen LogP contribution in [0.15, 0.2) is 64.5 Å². The van der Waals surface area contributed by atoms with Gasteiger partial charge in [0.1, 0.15) is 0 Å². The highest BCUT2D eigenvalue weighted by Crippen LogP contribution is 2.26. The van der Waals surface area contributed by atoms with Gasteiger partial charge in [-0.3, -0.25) is 0 Å². The molecule has 1 heterocycles. The summed E-state index contributed by atoms with van der Waals surface area (Å²) in [5, 5.41) is 7.53. The van der Waals surface area contributed by atoms with Crippen LogP contribution in [0, 0.1) is 6.92 Å². The lowest BCUT2D eigenvalue weighted by atomic mass is 10.1. The molecule has 0 aliphatic rings. The third-order valence-corrected chi connectivity index (χ3v) is 6.46. The molecule has 7 nitrogen and oxygen atoms in total. The van der Waals surface area contributed by atoms with Crippen LogP contribution >= 0.6 is 0 Å². The van der Waals surface area contributed by atoms with E-state index in [-0.39, 0.29) is 9.79 Å². The molecule has 2 aromatic carbocycles. The zero-order chi connectivity index (χ0) is 20.5. The van der Waals surface area contributed by atoms with Crippen molar-refractivity contribution in [3.8, 4) is 5.69 Å². The van der Waals surface area contributed by atoms with Crippen LogP contribution in [-0.4, -0.2) is 39.1 Å². The van der Waals surface area contributed by atoms with Crippen molar-refractivity contribution in [2.45, 2.75) is 23.3 Å². The number of para-hydroxylation sites is 1. The first-order valence-corrected chi connectivity index (χ1v) is 12.2. The Kier molecular flexibility index (Phi) is 5.31. The number of nitrogens with one attached hydrogen (secondary N) is 1. The van der Waals surface area contributed by atoms with Crippen molar-refractivity contribution in [3.05, 3.63) is 66.0 Å². The minimum atomic E-state index is -3.62. The third-order valence-electron chi connectivity index (χ3n) is 4.21. The van der Waals surface area contributed by atoms with Gasteiger partial charge in [-0.05, 0) is 42.8 Å². The number of rotatable bonds is 6. The van der Waals surface area contributed by atoms with Gasteiger partial charge >= 0.3 is 0 Å². The normalized spacial score (nSPS) is 12.1. The van der Waals surface area contributed by atoms with E-state index in [2.05, 4.69) is 10.4 Å². The molecule has 0 fully saturated rings. The molecule has 0 atom stereocenters.